The minimum absolute atomic E-state index is 0.208. The number of likely N-dealkylation sites (N-methyl/N-ethyl adjacent to an activating group) is 1. The maximum Gasteiger partial charge on any atom is 0.321 e. The second kappa shape index (κ2) is 8.05. The zero-order chi connectivity index (χ0) is 18.7. The molecule has 8 heteroatoms. The van der Waals surface area contributed by atoms with E-state index < -0.39 is 23.8 Å². The largest absolute Gasteiger partial charge is 0.465 e. The Kier molecular flexibility index (Phi) is 5.78. The van der Waals surface area contributed by atoms with Gasteiger partial charge in [-0.2, -0.15) is 0 Å². The van der Waals surface area contributed by atoms with Crippen molar-refractivity contribution in [1.29, 1.82) is 0 Å². The smallest absolute Gasteiger partial charge is 0.321 e. The molecule has 1 aromatic carbocycles. The number of amides is 1. The maximum atomic E-state index is 12.7. The van der Waals surface area contributed by atoms with Gasteiger partial charge in [0.05, 0.1) is 6.61 Å². The van der Waals surface area contributed by atoms with Crippen LogP contribution in [0.1, 0.15) is 18.5 Å². The molecule has 0 unspecified atom stereocenters. The number of ether oxygens (including phenoxy) is 1. The summed E-state index contributed by atoms with van der Waals surface area (Å²) < 4.78 is 5.11. The number of halogens is 1. The van der Waals surface area contributed by atoms with E-state index in [0.717, 1.165) is 31.7 Å². The van der Waals surface area contributed by atoms with Crippen LogP contribution in [-0.2, 0) is 14.3 Å². The first-order valence-corrected chi connectivity index (χ1v) is 9.11. The minimum atomic E-state index is -1.02. The molecule has 2 heterocycles. The lowest BCUT2D eigenvalue weighted by molar-refractivity contribution is -0.153. The first kappa shape index (κ1) is 18.7. The first-order valence-electron chi connectivity index (χ1n) is 8.74. The van der Waals surface area contributed by atoms with E-state index in [1.165, 1.54) is 0 Å². The molecule has 0 aromatic heterocycles. The molecule has 1 amide bonds. The van der Waals surface area contributed by atoms with Gasteiger partial charge in [-0.3, -0.25) is 14.9 Å². The summed E-state index contributed by atoms with van der Waals surface area (Å²) in [4.78, 5) is 34.1. The number of guanidine groups is 1. The fourth-order valence-corrected chi connectivity index (χ4v) is 3.37. The summed E-state index contributed by atoms with van der Waals surface area (Å²) in [6.45, 7) is 5.23. The number of nitrogens with zero attached hydrogens (tertiary/aromatic N) is 3. The van der Waals surface area contributed by atoms with Gasteiger partial charge in [0.15, 0.2) is 5.92 Å². The van der Waals surface area contributed by atoms with Gasteiger partial charge < -0.3 is 14.5 Å². The first-order chi connectivity index (χ1) is 12.5. The van der Waals surface area contributed by atoms with Gasteiger partial charge >= 0.3 is 5.97 Å². The van der Waals surface area contributed by atoms with Crippen LogP contribution in [0.2, 0.25) is 5.02 Å². The highest BCUT2D eigenvalue weighted by Gasteiger charge is 2.42. The van der Waals surface area contributed by atoms with Gasteiger partial charge in [0.25, 0.3) is 0 Å². The predicted octanol–water partition coefficient (Wildman–Crippen LogP) is 1.29. The van der Waals surface area contributed by atoms with Crippen molar-refractivity contribution in [3.63, 3.8) is 0 Å². The number of hydrogen-bond acceptors (Lipinski definition) is 6. The quantitative estimate of drug-likeness (QED) is 0.633. The molecule has 26 heavy (non-hydrogen) atoms. The molecule has 2 atom stereocenters. The van der Waals surface area contributed by atoms with Gasteiger partial charge in [0.1, 0.15) is 6.04 Å². The molecule has 0 radical (unpaired) electrons. The number of aliphatic imine (C=N–C) groups is 1. The molecule has 140 valence electrons. The zero-order valence-corrected chi connectivity index (χ0v) is 15.7. The normalized spacial score (nSPS) is 24.0. The van der Waals surface area contributed by atoms with Crippen molar-refractivity contribution in [2.75, 3.05) is 39.8 Å². The average Bonchev–Trinajstić information content (AvgIpc) is 2.61. The Labute approximate surface area is 158 Å². The molecule has 1 N–H and O–H groups in total. The molecule has 2 aliphatic rings. The van der Waals surface area contributed by atoms with Crippen LogP contribution in [0.3, 0.4) is 0 Å². The summed E-state index contributed by atoms with van der Waals surface area (Å²) in [5.41, 5.74) is 0.719. The van der Waals surface area contributed by atoms with E-state index >= 15 is 0 Å². The van der Waals surface area contributed by atoms with Crippen LogP contribution >= 0.6 is 11.6 Å². The molecule has 1 fully saturated rings. The topological polar surface area (TPSA) is 74.2 Å². The lowest BCUT2D eigenvalue weighted by atomic mass is 9.91. The molecule has 1 aromatic rings. The molecular weight excluding hydrogens is 356 g/mol. The SMILES string of the molecule is CCOC(=O)[C@H]1C(=O)NC(N2CCN(C)CC2)=N[C@@H]1c1cccc(Cl)c1. The highest BCUT2D eigenvalue weighted by Crippen LogP contribution is 2.32. The third kappa shape index (κ3) is 3.99. The summed E-state index contributed by atoms with van der Waals surface area (Å²) in [6.07, 6.45) is 0. The Hall–Kier alpha value is -2.12. The summed E-state index contributed by atoms with van der Waals surface area (Å²) in [7, 11) is 2.06. The van der Waals surface area contributed by atoms with Gasteiger partial charge in [-0.15, -0.1) is 0 Å². The molecule has 0 aliphatic carbocycles. The molecule has 1 saturated heterocycles. The third-order valence-corrected chi connectivity index (χ3v) is 4.86. The van der Waals surface area contributed by atoms with Crippen molar-refractivity contribution >= 4 is 29.4 Å². The van der Waals surface area contributed by atoms with Gasteiger partial charge in [-0.05, 0) is 31.7 Å². The van der Waals surface area contributed by atoms with E-state index in [4.69, 9.17) is 21.3 Å². The maximum absolute atomic E-state index is 12.7. The monoisotopic (exact) mass is 378 g/mol. The van der Waals surface area contributed by atoms with Crippen LogP contribution in [0.4, 0.5) is 0 Å². The van der Waals surface area contributed by atoms with Gasteiger partial charge in [0, 0.05) is 31.2 Å². The zero-order valence-electron chi connectivity index (χ0n) is 14.9. The fourth-order valence-electron chi connectivity index (χ4n) is 3.17. The van der Waals surface area contributed by atoms with Gasteiger partial charge in [-0.1, -0.05) is 23.7 Å². The number of rotatable bonds is 3. The molecule has 0 saturated carbocycles. The lowest BCUT2D eigenvalue weighted by Crippen LogP contribution is -2.56. The van der Waals surface area contributed by atoms with Crippen LogP contribution in [0.5, 0.6) is 0 Å². The van der Waals surface area contributed by atoms with Gasteiger partial charge in [0.2, 0.25) is 11.9 Å². The van der Waals surface area contributed by atoms with Crippen molar-refractivity contribution in [2.45, 2.75) is 13.0 Å². The van der Waals surface area contributed by atoms with E-state index in [9.17, 15) is 9.59 Å². The Morgan fingerprint density at radius 2 is 2.08 bits per heavy atom. The third-order valence-electron chi connectivity index (χ3n) is 4.63. The lowest BCUT2D eigenvalue weighted by Gasteiger charge is -2.37. The van der Waals surface area contributed by atoms with Crippen LogP contribution in [-0.4, -0.2) is 67.5 Å². The highest BCUT2D eigenvalue weighted by atomic mass is 35.5. The van der Waals surface area contributed by atoms with Crippen LogP contribution < -0.4 is 5.32 Å². The van der Waals surface area contributed by atoms with E-state index in [1.807, 2.05) is 11.0 Å². The number of carbonyl (C=O) groups excluding carboxylic acids is 2. The molecule has 7 nitrogen and oxygen atoms in total. The van der Waals surface area contributed by atoms with E-state index in [0.29, 0.717) is 11.0 Å². The second-order valence-corrected chi connectivity index (χ2v) is 6.90. The van der Waals surface area contributed by atoms with Crippen LogP contribution in [0, 0.1) is 5.92 Å². The number of carbonyl (C=O) groups is 2. The Bertz CT molecular complexity index is 716. The molecule has 3 rings (SSSR count). The number of nitrogens with one attached hydrogen (secondary N) is 1. The van der Waals surface area contributed by atoms with E-state index in [-0.39, 0.29) is 6.61 Å². The Morgan fingerprint density at radius 1 is 1.35 bits per heavy atom. The van der Waals surface area contributed by atoms with Crippen molar-refractivity contribution in [1.82, 2.24) is 15.1 Å². The van der Waals surface area contributed by atoms with E-state index in [2.05, 4.69) is 17.3 Å². The van der Waals surface area contributed by atoms with Crippen molar-refractivity contribution in [3.8, 4) is 0 Å². The van der Waals surface area contributed by atoms with E-state index in [1.54, 1.807) is 25.1 Å². The van der Waals surface area contributed by atoms with Crippen molar-refractivity contribution in [2.24, 2.45) is 10.9 Å². The average molecular weight is 379 g/mol. The van der Waals surface area contributed by atoms with Crippen LogP contribution in [0.15, 0.2) is 29.3 Å². The number of benzene rings is 1. The minimum Gasteiger partial charge on any atom is -0.465 e. The Balaban J connectivity index is 1.95. The summed E-state index contributed by atoms with van der Waals surface area (Å²) >= 11 is 6.11. The van der Waals surface area contributed by atoms with Crippen molar-refractivity contribution < 1.29 is 14.3 Å². The standard InChI is InChI=1S/C18H23ClN4O3/c1-3-26-17(25)14-15(12-5-4-6-13(19)11-12)20-18(21-16(14)24)23-9-7-22(2)8-10-23/h4-6,11,14-15H,3,7-10H2,1-2H3,(H,20,21,24)/t14-,15-/m1/s1. The van der Waals surface area contributed by atoms with Gasteiger partial charge in [-0.25, -0.2) is 4.99 Å². The molecule has 0 spiro atoms. The summed E-state index contributed by atoms with van der Waals surface area (Å²) in [5.74, 6) is -1.48. The van der Waals surface area contributed by atoms with Crippen molar-refractivity contribution in [3.05, 3.63) is 34.9 Å². The number of esters is 1. The molecule has 2 aliphatic heterocycles. The highest BCUT2D eigenvalue weighted by molar-refractivity contribution is 6.30. The predicted molar refractivity (Wildman–Crippen MR) is 99.0 cm³/mol. The Morgan fingerprint density at radius 3 is 2.73 bits per heavy atom. The summed E-state index contributed by atoms with van der Waals surface area (Å²) in [5, 5.41) is 3.32. The summed E-state index contributed by atoms with van der Waals surface area (Å²) in [6, 6.07) is 6.45. The molecule has 0 bridgehead atoms. The second-order valence-electron chi connectivity index (χ2n) is 6.46. The van der Waals surface area contributed by atoms with Crippen LogP contribution in [0.25, 0.3) is 0 Å². The number of piperazine rings is 1. The number of hydrogen-bond donors (Lipinski definition) is 1. The fraction of sp³-hybridized carbons (Fsp3) is 0.500. The molecular formula is C18H23ClN4O3.